The summed E-state index contributed by atoms with van der Waals surface area (Å²) in [6.45, 7) is 10.3. The molecule has 0 aliphatic carbocycles. The summed E-state index contributed by atoms with van der Waals surface area (Å²) in [6, 6.07) is 30.4. The monoisotopic (exact) mass is 1270 g/mol. The molecule has 1 saturated heterocycles. The van der Waals surface area contributed by atoms with Crippen molar-refractivity contribution in [2.75, 3.05) is 24.3 Å². The molecule has 0 saturated carbocycles. The summed E-state index contributed by atoms with van der Waals surface area (Å²) in [5.41, 5.74) is 8.77. The number of nitrogens with one attached hydrogen (secondary N) is 2. The van der Waals surface area contributed by atoms with Gasteiger partial charge >= 0.3 is 11.9 Å². The van der Waals surface area contributed by atoms with Crippen molar-refractivity contribution in [1.82, 2.24) is 9.97 Å². The maximum atomic E-state index is 11.7. The van der Waals surface area contributed by atoms with Crippen molar-refractivity contribution in [3.63, 3.8) is 0 Å². The van der Waals surface area contributed by atoms with Crippen LogP contribution in [-0.4, -0.2) is 47.2 Å². The number of carbonyl (C=O) groups is 2. The van der Waals surface area contributed by atoms with E-state index in [2.05, 4.69) is 106 Å². The second-order valence-corrected chi connectivity index (χ2v) is 17.8. The van der Waals surface area contributed by atoms with E-state index in [-0.39, 0.29) is 17.3 Å². The van der Waals surface area contributed by atoms with Crippen LogP contribution in [0.4, 0.5) is 11.4 Å². The lowest BCUT2D eigenvalue weighted by atomic mass is 10.2. The average Bonchev–Trinajstić information content (AvgIpc) is 3.18. The highest BCUT2D eigenvalue weighted by molar-refractivity contribution is 14.1. The van der Waals surface area contributed by atoms with Crippen molar-refractivity contribution in [3.05, 3.63) is 151 Å². The van der Waals surface area contributed by atoms with Crippen LogP contribution >= 0.6 is 102 Å². The van der Waals surface area contributed by atoms with Crippen LogP contribution in [0.5, 0.6) is 0 Å². The Hall–Kier alpha value is -3.09. The Morgan fingerprint density at radius 3 is 1.86 bits per heavy atom. The fourth-order valence-electron chi connectivity index (χ4n) is 4.69. The minimum absolute atomic E-state index is 0.0370. The number of nitrogens with two attached hydrogens (primary N) is 1. The van der Waals surface area contributed by atoms with E-state index < -0.39 is 17.7 Å². The number of pyridine rings is 2. The van der Waals surface area contributed by atoms with Gasteiger partial charge in [-0.25, -0.2) is 9.59 Å². The minimum atomic E-state index is -1.21. The van der Waals surface area contributed by atoms with Gasteiger partial charge in [0, 0.05) is 93.7 Å². The van der Waals surface area contributed by atoms with Crippen molar-refractivity contribution < 1.29 is 28.5 Å². The zero-order chi connectivity index (χ0) is 43.5. The Kier molecular flexibility index (Phi) is 21.8. The van der Waals surface area contributed by atoms with Crippen LogP contribution in [0.3, 0.4) is 0 Å². The molecule has 3 heterocycles. The Morgan fingerprint density at radius 1 is 0.780 bits per heavy atom. The quantitative estimate of drug-likeness (QED) is 0.0367. The average molecular weight is 1270 g/mol. The molecule has 16 heteroatoms. The van der Waals surface area contributed by atoms with Gasteiger partial charge < -0.3 is 35.0 Å². The molecule has 0 amide bonds. The van der Waals surface area contributed by atoms with E-state index in [0.29, 0.717) is 0 Å². The Morgan fingerprint density at radius 2 is 1.31 bits per heavy atom. The van der Waals surface area contributed by atoms with Crippen molar-refractivity contribution in [1.29, 1.82) is 0 Å². The molecule has 0 bridgehead atoms. The van der Waals surface area contributed by atoms with Gasteiger partial charge in [0.25, 0.3) is 5.79 Å². The maximum Gasteiger partial charge on any atom is 0.350 e. The van der Waals surface area contributed by atoms with Gasteiger partial charge in [-0.2, -0.15) is 0 Å². The minimum Gasteiger partial charge on any atom is -0.419 e. The maximum absolute atomic E-state index is 11.7. The number of cyclic esters (lactones) is 2. The fourth-order valence-corrected chi connectivity index (χ4v) is 6.60. The van der Waals surface area contributed by atoms with Gasteiger partial charge in [0.2, 0.25) is 0 Å². The second-order valence-electron chi connectivity index (χ2n) is 12.4. The topological polar surface area (TPSA) is 155 Å². The number of H-pyrrole nitrogens is 1. The van der Waals surface area contributed by atoms with E-state index in [4.69, 9.17) is 36.3 Å². The number of ether oxygens (including phenoxy) is 4. The number of halogens is 5. The molecule has 312 valence electrons. The van der Waals surface area contributed by atoms with Crippen molar-refractivity contribution >= 4 is 147 Å². The molecule has 4 N–H and O–H groups in total. The zero-order valence-electron chi connectivity index (χ0n) is 32.7. The lowest BCUT2D eigenvalue weighted by Gasteiger charge is -2.29. The highest BCUT2D eigenvalue weighted by atomic mass is 127. The lowest BCUT2D eigenvalue weighted by Crippen LogP contribution is -2.42. The summed E-state index contributed by atoms with van der Waals surface area (Å²) in [5, 5.41) is 5.40. The Bertz CT molecular complexity index is 2330. The van der Waals surface area contributed by atoms with Gasteiger partial charge in [-0.3, -0.25) is 9.78 Å². The number of anilines is 2. The summed E-state index contributed by atoms with van der Waals surface area (Å²) in [4.78, 5) is 41.8. The number of fused-ring (bicyclic) bond motifs is 2. The third kappa shape index (κ3) is 18.2. The van der Waals surface area contributed by atoms with Gasteiger partial charge in [0.05, 0.1) is 10.5 Å². The second kappa shape index (κ2) is 25.6. The molecule has 59 heavy (non-hydrogen) atoms. The van der Waals surface area contributed by atoms with Crippen LogP contribution in [0.15, 0.2) is 126 Å². The lowest BCUT2D eigenvalue weighted by molar-refractivity contribution is -0.222. The number of aromatic amines is 1. The first kappa shape index (κ1) is 50.3. The van der Waals surface area contributed by atoms with Gasteiger partial charge in [-0.1, -0.05) is 11.6 Å². The first-order chi connectivity index (χ1) is 28.0. The van der Waals surface area contributed by atoms with E-state index >= 15 is 0 Å². The Labute approximate surface area is 403 Å². The highest BCUT2D eigenvalue weighted by Gasteiger charge is 2.38. The van der Waals surface area contributed by atoms with Crippen molar-refractivity contribution in [3.8, 4) is 0 Å². The number of hydrogen-bond donors (Lipinski definition) is 3. The molecule has 1 aliphatic rings. The molecule has 7 rings (SSSR count). The molecule has 4 aromatic carbocycles. The number of carbonyl (C=O) groups excluding carboxylic acids is 2. The smallest absolute Gasteiger partial charge is 0.350 e. The molecule has 11 nitrogen and oxygen atoms in total. The van der Waals surface area contributed by atoms with Gasteiger partial charge in [0.15, 0.2) is 17.3 Å². The summed E-state index contributed by atoms with van der Waals surface area (Å²) in [7, 11) is 0. The summed E-state index contributed by atoms with van der Waals surface area (Å²) >= 11 is 14.9. The van der Waals surface area contributed by atoms with E-state index in [1.54, 1.807) is 24.5 Å². The SMILES string of the molecule is CC1(C)OC(=O)C(=CNc2ccc(I)cc2)C(=O)O1.CCOC(C)OCC.Clc1ccnc2ccc(I)cc12.Nc1ccc(I)cc1.O=c1cc[nH]c2ccc(I)cc12. The predicted molar refractivity (Wildman–Crippen MR) is 270 cm³/mol. The third-order valence-electron chi connectivity index (χ3n) is 7.39. The molecule has 2 aromatic heterocycles. The molecule has 1 aliphatic heterocycles. The van der Waals surface area contributed by atoms with Gasteiger partial charge in [0.1, 0.15) is 0 Å². The molecule has 6 aromatic rings. The first-order valence-corrected chi connectivity index (χ1v) is 22.6. The summed E-state index contributed by atoms with van der Waals surface area (Å²) in [6.07, 6.45) is 4.64. The number of aromatic nitrogens is 2. The molecule has 0 unspecified atom stereocenters. The van der Waals surface area contributed by atoms with E-state index in [1.807, 2.05) is 106 Å². The van der Waals surface area contributed by atoms with E-state index in [9.17, 15) is 14.4 Å². The van der Waals surface area contributed by atoms with Crippen LogP contribution in [0, 0.1) is 14.3 Å². The number of hydrogen-bond acceptors (Lipinski definition) is 10. The molecule has 1 fully saturated rings. The van der Waals surface area contributed by atoms with Gasteiger partial charge in [-0.05, 0) is 202 Å². The third-order valence-corrected chi connectivity index (χ3v) is 10.5. The molecule has 0 spiro atoms. The van der Waals surface area contributed by atoms with Crippen LogP contribution in [0.1, 0.15) is 34.6 Å². The summed E-state index contributed by atoms with van der Waals surface area (Å²) in [5.74, 6) is -2.60. The molecule has 0 radical (unpaired) electrons. The summed E-state index contributed by atoms with van der Waals surface area (Å²) < 4.78 is 24.6. The highest BCUT2D eigenvalue weighted by Crippen LogP contribution is 2.24. The van der Waals surface area contributed by atoms with Crippen molar-refractivity contribution in [2.24, 2.45) is 0 Å². The predicted octanol–water partition coefficient (Wildman–Crippen LogP) is 11.3. The number of benzene rings is 4. The largest absolute Gasteiger partial charge is 0.419 e. The van der Waals surface area contributed by atoms with Gasteiger partial charge in [-0.15, -0.1) is 0 Å². The van der Waals surface area contributed by atoms with Crippen LogP contribution in [0.2, 0.25) is 5.02 Å². The normalized spacial score (nSPS) is 12.6. The number of rotatable bonds is 6. The number of esters is 2. The Balaban J connectivity index is 0.000000205. The van der Waals surface area contributed by atoms with Crippen LogP contribution in [0.25, 0.3) is 21.8 Å². The first-order valence-electron chi connectivity index (χ1n) is 17.9. The number of nitrogen functional groups attached to an aromatic ring is 1. The number of nitrogens with zero attached hydrogens (tertiary/aromatic N) is 1. The van der Waals surface area contributed by atoms with Crippen LogP contribution in [-0.2, 0) is 28.5 Å². The fraction of sp³-hybridized carbons (Fsp3) is 0.209. The van der Waals surface area contributed by atoms with E-state index in [1.165, 1.54) is 27.2 Å². The van der Waals surface area contributed by atoms with E-state index in [0.717, 1.165) is 58.6 Å². The molecular weight excluding hydrogens is 1230 g/mol. The zero-order valence-corrected chi connectivity index (χ0v) is 42.1. The van der Waals surface area contributed by atoms with Crippen LogP contribution < -0.4 is 16.5 Å². The van der Waals surface area contributed by atoms with Crippen molar-refractivity contribution in [2.45, 2.75) is 46.7 Å². The molecular formula is C43H43ClI4N4O7. The molecule has 0 atom stereocenters. The standard InChI is InChI=1S/C13H12INO4.C9H5ClIN.C9H6INO.C6H6IN.C6H14O2/c1-13(2)18-11(16)10(12(17)19-13)7-15-9-5-3-8(14)4-6-9;10-8-3-4-12-9-2-1-6(11)5-7(8)9;10-6-1-2-8-7(5-6)9(12)3-4-11-8;7-5-1-3-6(8)4-2-5;1-4-7-6(3)8-5-2/h3-7,15H,1-2H3;1-5H;1-5H,(H,11,12);1-4H,8H2;6H,4-5H2,1-3H3.